The minimum Gasteiger partial charge on any atom is -0.461 e. The first kappa shape index (κ1) is 61.8. The lowest BCUT2D eigenvalue weighted by atomic mass is 9.80. The third-order valence-electron chi connectivity index (χ3n) is 16.0. The van der Waals surface area contributed by atoms with Crippen LogP contribution in [-0.4, -0.2) is 112 Å². The average Bonchev–Trinajstić information content (AvgIpc) is 1.35. The van der Waals surface area contributed by atoms with Crippen LogP contribution in [0.15, 0.2) is 282 Å². The highest BCUT2D eigenvalue weighted by molar-refractivity contribution is 7.80. The molecule has 0 bridgehead atoms. The van der Waals surface area contributed by atoms with E-state index in [0.29, 0.717) is 5.11 Å². The summed E-state index contributed by atoms with van der Waals surface area (Å²) in [7, 11) is 0. The van der Waals surface area contributed by atoms with E-state index < -0.39 is 81.9 Å². The number of H-pyrrole nitrogens is 2. The molecule has 3 N–H and O–H groups in total. The molecule has 20 nitrogen and oxygen atoms in total. The zero-order valence-corrected chi connectivity index (χ0v) is 51.6. The van der Waals surface area contributed by atoms with E-state index in [1.54, 1.807) is 52.8 Å². The van der Waals surface area contributed by atoms with Crippen LogP contribution in [0.5, 0.6) is 0 Å². The summed E-state index contributed by atoms with van der Waals surface area (Å²) in [6, 6.07) is 60.3. The van der Waals surface area contributed by atoms with Crippen molar-refractivity contribution in [3.05, 3.63) is 338 Å². The first-order valence-electron chi connectivity index (χ1n) is 31.3. The summed E-state index contributed by atoms with van der Waals surface area (Å²) < 4.78 is 91.4. The second kappa shape index (κ2) is 28.2. The van der Waals surface area contributed by atoms with Crippen molar-refractivity contribution < 1.29 is 44.9 Å². The van der Waals surface area contributed by atoms with Crippen LogP contribution in [0.25, 0.3) is 0 Å². The molecule has 0 radical (unpaired) electrons. The highest BCUT2D eigenvalue weighted by Crippen LogP contribution is 2.47. The molecule has 0 amide bonds. The van der Waals surface area contributed by atoms with Crippen LogP contribution in [0.2, 0.25) is 0 Å². The number of aromatic nitrogens is 10. The van der Waals surface area contributed by atoms with Crippen molar-refractivity contribution in [3.63, 3.8) is 0 Å². The van der Waals surface area contributed by atoms with Crippen molar-refractivity contribution >= 4 is 34.7 Å². The van der Waals surface area contributed by atoms with Crippen molar-refractivity contribution in [3.8, 4) is 0 Å². The largest absolute Gasteiger partial charge is 0.461 e. The molecule has 24 heteroatoms. The lowest BCUT2D eigenvalue weighted by Crippen LogP contribution is -2.47. The van der Waals surface area contributed by atoms with Crippen LogP contribution < -0.4 is 22.5 Å². The van der Waals surface area contributed by atoms with Gasteiger partial charge in [-0.15, -0.1) is 0 Å². The van der Waals surface area contributed by atoms with Crippen LogP contribution in [0.1, 0.15) is 67.0 Å². The van der Waals surface area contributed by atoms with Crippen LogP contribution in [-0.2, 0) is 34.9 Å². The van der Waals surface area contributed by atoms with E-state index in [1.807, 2.05) is 182 Å². The second-order valence-corrected chi connectivity index (χ2v) is 22.7. The van der Waals surface area contributed by atoms with Gasteiger partial charge in [0.1, 0.15) is 48.5 Å². The number of imidazole rings is 3. The number of alkyl halides is 2. The van der Waals surface area contributed by atoms with Gasteiger partial charge in [-0.05, 0) is 71.7 Å². The Bertz CT molecular complexity index is 4270. The zero-order valence-electron chi connectivity index (χ0n) is 54.0. The molecular formula is C69H68F2N10O10S2. The molecule has 6 aromatic carbocycles. The van der Waals surface area contributed by atoms with E-state index in [9.17, 15) is 24.3 Å². The SMILES string of the molecule is C[C@@]1(F)[C@H](O)[C@@H](COC(c2ccccc2)(c2ccccc2)c2ccccc2)O[C@H]1n1ccc(=O)[nH]c1=O.C[C@@]1(F)[C@H](OC(=S)n2ccnc2)[C@@H](COC(c2ccccc2)(c2ccccc2)c2ccccc2)O[C@H]1n1ccc(=O)[nH]c1=O.S=C(n1ccnc1)n1ccnc1.[2HH].[2H][2H].[2H][2H]. The fraction of sp³-hybridized carbons (Fsp3) is 0.203. The molecule has 0 spiro atoms. The highest BCUT2D eigenvalue weighted by atomic mass is 32.1. The summed E-state index contributed by atoms with van der Waals surface area (Å²) in [5, 5.41) is 11.5. The van der Waals surface area contributed by atoms with Gasteiger partial charge < -0.3 is 28.8 Å². The van der Waals surface area contributed by atoms with E-state index in [1.165, 1.54) is 37.1 Å². The maximum atomic E-state index is 16.9. The minimum atomic E-state index is -2.33. The Morgan fingerprint density at radius 3 is 1.17 bits per heavy atom. The lowest BCUT2D eigenvalue weighted by Gasteiger charge is -2.37. The molecule has 93 heavy (non-hydrogen) atoms. The predicted octanol–water partition coefficient (Wildman–Crippen LogP) is 9.62. The summed E-state index contributed by atoms with van der Waals surface area (Å²) >= 11 is 10.6. The Balaban J connectivity index is 0.000000204. The predicted molar refractivity (Wildman–Crippen MR) is 355 cm³/mol. The number of ether oxygens (including phenoxy) is 5. The van der Waals surface area contributed by atoms with Gasteiger partial charge in [0.15, 0.2) is 35.0 Å². The van der Waals surface area contributed by atoms with Crippen LogP contribution in [0, 0.1) is 0 Å². The number of nitrogens with one attached hydrogen (secondary N) is 2. The zero-order chi connectivity index (χ0) is 69.2. The van der Waals surface area contributed by atoms with Crippen molar-refractivity contribution in [1.29, 1.82) is 0 Å². The Hall–Kier alpha value is -10.0. The molecule has 7 heterocycles. The number of nitrogens with zero attached hydrogens (tertiary/aromatic N) is 8. The van der Waals surface area contributed by atoms with Crippen molar-refractivity contribution in [1.82, 2.24) is 47.8 Å². The van der Waals surface area contributed by atoms with Crippen molar-refractivity contribution in [2.24, 2.45) is 0 Å². The number of halogens is 2. The normalized spacial score (nSPS) is 21.1. The van der Waals surface area contributed by atoms with E-state index in [4.69, 9.17) is 54.1 Å². The highest BCUT2D eigenvalue weighted by Gasteiger charge is 2.59. The van der Waals surface area contributed by atoms with E-state index in [0.717, 1.165) is 60.8 Å². The molecule has 0 aliphatic carbocycles. The topological polar surface area (TPSA) is 230 Å². The number of rotatable bonds is 15. The summed E-state index contributed by atoms with van der Waals surface area (Å²) in [6.45, 7) is 2.09. The summed E-state index contributed by atoms with van der Waals surface area (Å²) in [5.41, 5.74) is -4.65. The molecule has 480 valence electrons. The van der Waals surface area contributed by atoms with E-state index >= 15 is 8.78 Å². The molecular weight excluding hydrogens is 1230 g/mol. The van der Waals surface area contributed by atoms with Gasteiger partial charge in [0.05, 0.1) is 13.2 Å². The number of aliphatic hydroxyl groups is 1. The van der Waals surface area contributed by atoms with E-state index in [-0.39, 0.29) is 19.8 Å². The molecule has 0 saturated carbocycles. The van der Waals surface area contributed by atoms with E-state index in [2.05, 4.69) is 24.9 Å². The molecule has 2 saturated heterocycles. The number of hydrogen-bond donors (Lipinski definition) is 3. The first-order chi connectivity index (χ1) is 47.0. The number of aliphatic hydroxyl groups excluding tert-OH is 1. The lowest BCUT2D eigenvalue weighted by molar-refractivity contribution is -0.0968. The van der Waals surface area contributed by atoms with Gasteiger partial charge in [0, 0.05) is 69.1 Å². The van der Waals surface area contributed by atoms with Crippen molar-refractivity contribution in [2.45, 2.75) is 73.3 Å². The quantitative estimate of drug-likeness (QED) is 0.0641. The van der Waals surface area contributed by atoms with Crippen LogP contribution in [0.4, 0.5) is 8.78 Å². The average molecular weight is 1300 g/mol. The van der Waals surface area contributed by atoms with Gasteiger partial charge in [0.2, 0.25) is 0 Å². The molecule has 8 atom stereocenters. The molecule has 0 unspecified atom stereocenters. The minimum absolute atomic E-state index is 0. The molecule has 2 aliphatic heterocycles. The summed E-state index contributed by atoms with van der Waals surface area (Å²) in [5.74, 6) is 0. The Kier molecular flexibility index (Phi) is 18.7. The first-order valence-corrected chi connectivity index (χ1v) is 30.1. The second-order valence-electron chi connectivity index (χ2n) is 22.0. The fourth-order valence-corrected chi connectivity index (χ4v) is 11.9. The number of aromatic amines is 2. The maximum absolute atomic E-state index is 16.9. The van der Waals surface area contributed by atoms with Gasteiger partial charge in [0.25, 0.3) is 16.3 Å². The van der Waals surface area contributed by atoms with Gasteiger partial charge >= 0.3 is 11.4 Å². The van der Waals surface area contributed by atoms with Gasteiger partial charge in [-0.1, -0.05) is 182 Å². The monoisotopic (exact) mass is 1300 g/mol. The van der Waals surface area contributed by atoms with Gasteiger partial charge in [-0.2, -0.15) is 0 Å². The van der Waals surface area contributed by atoms with Gasteiger partial charge in [-0.3, -0.25) is 42.4 Å². The molecule has 5 aromatic heterocycles. The molecule has 11 aromatic rings. The third-order valence-corrected chi connectivity index (χ3v) is 16.7. The van der Waals surface area contributed by atoms with Crippen molar-refractivity contribution in [2.75, 3.05) is 13.2 Å². The fourth-order valence-electron chi connectivity index (χ4n) is 11.5. The summed E-state index contributed by atoms with van der Waals surface area (Å²) in [4.78, 5) is 64.4. The summed E-state index contributed by atoms with van der Waals surface area (Å²) in [6.07, 6.45) is 9.16. The number of hydrogen-bond acceptors (Lipinski definition) is 15. The smallest absolute Gasteiger partial charge is 0.330 e. The van der Waals surface area contributed by atoms with Gasteiger partial charge in [-0.25, -0.2) is 33.3 Å². The molecule has 2 aliphatic rings. The van der Waals surface area contributed by atoms with Crippen LogP contribution >= 0.6 is 24.4 Å². The Labute approximate surface area is 549 Å². The molecule has 13 rings (SSSR count). The Morgan fingerprint density at radius 2 is 0.839 bits per heavy atom. The number of thiocarbonyl (C=S) groups is 2. The molecule has 2 fully saturated rings. The Morgan fingerprint density at radius 1 is 0.516 bits per heavy atom. The maximum Gasteiger partial charge on any atom is 0.330 e. The standard InChI is InChI=1S/C33H29FN4O5S.C29H27FN2O5.C7H6N4S.3H2/c1-32(34)28(43-31(44)37-20-18-35-22-37)26(42-29(32)38-19-17-27(39)36-30(38)40)21-41-33(23-11-5-2-6-12-23,24-13-7-3-8-14-24)25-15-9-4-10-16-25;1-28(30)25(34)23(37-26(28)32-18-17-24(33)31-27(32)35)19-36-29(20-11-5-2-6-12-20,21-13-7-3-8-14-21)22-15-9-4-10-16-22;12-7(10-3-1-8-5-10)11-4-2-9-6-11;;;/h2-20,22,26,28-29H,21H2,1H3,(H,36,39,40);2-18,23,25-26,34H,19H2,1H3,(H,31,33,35);1-6H;3*1H/t26-,28-,29-,32-;23-,25-,26-,28-;;;;/m11..../s1/i;;;2*1+1D;1+1. The van der Waals surface area contributed by atoms with Crippen LogP contribution in [0.3, 0.4) is 0 Å². The third kappa shape index (κ3) is 13.5. The number of benzene rings is 6.